The van der Waals surface area contributed by atoms with Crippen LogP contribution in [0.4, 0.5) is 14.9 Å². The summed E-state index contributed by atoms with van der Waals surface area (Å²) in [7, 11) is 0. The Morgan fingerprint density at radius 3 is 2.86 bits per heavy atom. The Balaban J connectivity index is 1.47. The van der Waals surface area contributed by atoms with Crippen LogP contribution in [0.25, 0.3) is 0 Å². The molecule has 0 bridgehead atoms. The fourth-order valence-corrected chi connectivity index (χ4v) is 2.45. The SMILES string of the molecule is O=C(NC[C@H]1C[C@@H]1c1ccccc1)Nc1ccncc1F. The van der Waals surface area contributed by atoms with Crippen LogP contribution in [0.2, 0.25) is 0 Å². The second-order valence-electron chi connectivity index (χ2n) is 5.20. The number of carbonyl (C=O) groups is 1. The Morgan fingerprint density at radius 1 is 1.29 bits per heavy atom. The summed E-state index contributed by atoms with van der Waals surface area (Å²) in [6.07, 6.45) is 3.58. The van der Waals surface area contributed by atoms with Crippen molar-refractivity contribution in [3.63, 3.8) is 0 Å². The molecule has 2 N–H and O–H groups in total. The van der Waals surface area contributed by atoms with Crippen LogP contribution in [-0.2, 0) is 0 Å². The molecule has 2 atom stereocenters. The van der Waals surface area contributed by atoms with Crippen molar-refractivity contribution in [3.05, 3.63) is 60.2 Å². The second-order valence-corrected chi connectivity index (χ2v) is 5.20. The molecule has 1 aromatic heterocycles. The summed E-state index contributed by atoms with van der Waals surface area (Å²) < 4.78 is 13.3. The number of anilines is 1. The molecule has 2 aromatic rings. The van der Waals surface area contributed by atoms with Gasteiger partial charge in [-0.15, -0.1) is 0 Å². The predicted octanol–water partition coefficient (Wildman–Crippen LogP) is 3.15. The molecule has 0 spiro atoms. The first-order valence-corrected chi connectivity index (χ1v) is 6.93. The molecule has 1 aliphatic rings. The van der Waals surface area contributed by atoms with Crippen molar-refractivity contribution in [3.8, 4) is 0 Å². The van der Waals surface area contributed by atoms with E-state index in [0.29, 0.717) is 18.4 Å². The van der Waals surface area contributed by atoms with Crippen LogP contribution in [-0.4, -0.2) is 17.6 Å². The smallest absolute Gasteiger partial charge is 0.319 e. The van der Waals surface area contributed by atoms with Crippen LogP contribution < -0.4 is 10.6 Å². The molecule has 1 heterocycles. The van der Waals surface area contributed by atoms with Gasteiger partial charge in [-0.2, -0.15) is 0 Å². The first kappa shape index (κ1) is 13.5. The topological polar surface area (TPSA) is 54.0 Å². The maximum absolute atomic E-state index is 13.3. The Hall–Kier alpha value is -2.43. The highest BCUT2D eigenvalue weighted by molar-refractivity contribution is 5.89. The van der Waals surface area contributed by atoms with Crippen LogP contribution in [0, 0.1) is 11.7 Å². The first-order valence-electron chi connectivity index (χ1n) is 6.93. The van der Waals surface area contributed by atoms with E-state index >= 15 is 0 Å². The lowest BCUT2D eigenvalue weighted by Crippen LogP contribution is -2.31. The Labute approximate surface area is 122 Å². The van der Waals surface area contributed by atoms with Crippen molar-refractivity contribution in [1.29, 1.82) is 0 Å². The normalized spacial score (nSPS) is 19.9. The van der Waals surface area contributed by atoms with Crippen molar-refractivity contribution in [2.24, 2.45) is 5.92 Å². The standard InChI is InChI=1S/C16H16FN3O/c17-14-10-18-7-6-15(14)20-16(21)19-9-12-8-13(12)11-4-2-1-3-5-11/h1-7,10,12-13H,8-9H2,(H2,18,19,20,21)/t12-,13-/m1/s1. The molecular weight excluding hydrogens is 269 g/mol. The Bertz CT molecular complexity index is 632. The van der Waals surface area contributed by atoms with Gasteiger partial charge in [0.05, 0.1) is 11.9 Å². The lowest BCUT2D eigenvalue weighted by Gasteiger charge is -2.08. The van der Waals surface area contributed by atoms with Crippen molar-refractivity contribution < 1.29 is 9.18 Å². The molecule has 2 amide bonds. The number of urea groups is 1. The molecule has 0 radical (unpaired) electrons. The third kappa shape index (κ3) is 3.37. The number of carbonyl (C=O) groups excluding carboxylic acids is 1. The van der Waals surface area contributed by atoms with E-state index in [-0.39, 0.29) is 11.7 Å². The molecule has 0 saturated heterocycles. The van der Waals surface area contributed by atoms with Crippen molar-refractivity contribution in [1.82, 2.24) is 10.3 Å². The van der Waals surface area contributed by atoms with Gasteiger partial charge >= 0.3 is 6.03 Å². The van der Waals surface area contributed by atoms with Gasteiger partial charge in [-0.3, -0.25) is 4.98 Å². The highest BCUT2D eigenvalue weighted by Crippen LogP contribution is 2.46. The lowest BCUT2D eigenvalue weighted by molar-refractivity contribution is 0.251. The van der Waals surface area contributed by atoms with E-state index in [9.17, 15) is 9.18 Å². The Morgan fingerprint density at radius 2 is 2.10 bits per heavy atom. The summed E-state index contributed by atoms with van der Waals surface area (Å²) in [5, 5.41) is 5.27. The molecule has 108 valence electrons. The minimum Gasteiger partial charge on any atom is -0.338 e. The summed E-state index contributed by atoms with van der Waals surface area (Å²) >= 11 is 0. The molecule has 5 heteroatoms. The average molecular weight is 285 g/mol. The van der Waals surface area contributed by atoms with Gasteiger partial charge in [0.15, 0.2) is 5.82 Å². The van der Waals surface area contributed by atoms with E-state index in [1.54, 1.807) is 0 Å². The van der Waals surface area contributed by atoms with Crippen LogP contribution in [0.3, 0.4) is 0 Å². The maximum Gasteiger partial charge on any atom is 0.319 e. The highest BCUT2D eigenvalue weighted by Gasteiger charge is 2.37. The number of benzene rings is 1. The van der Waals surface area contributed by atoms with E-state index in [2.05, 4.69) is 27.8 Å². The largest absolute Gasteiger partial charge is 0.338 e. The number of hydrogen-bond donors (Lipinski definition) is 2. The third-order valence-corrected chi connectivity index (χ3v) is 3.70. The summed E-state index contributed by atoms with van der Waals surface area (Å²) in [5.41, 5.74) is 1.45. The minimum absolute atomic E-state index is 0.137. The van der Waals surface area contributed by atoms with Gasteiger partial charge in [0.2, 0.25) is 0 Å². The number of nitrogens with one attached hydrogen (secondary N) is 2. The van der Waals surface area contributed by atoms with Gasteiger partial charge in [-0.25, -0.2) is 9.18 Å². The fourth-order valence-electron chi connectivity index (χ4n) is 2.45. The monoisotopic (exact) mass is 285 g/mol. The predicted molar refractivity (Wildman–Crippen MR) is 78.5 cm³/mol. The zero-order valence-electron chi connectivity index (χ0n) is 11.4. The molecule has 1 aliphatic carbocycles. The molecule has 0 aliphatic heterocycles. The first-order chi connectivity index (χ1) is 10.2. The van der Waals surface area contributed by atoms with Crippen LogP contribution in [0.15, 0.2) is 48.8 Å². The van der Waals surface area contributed by atoms with E-state index in [0.717, 1.165) is 12.6 Å². The third-order valence-electron chi connectivity index (χ3n) is 3.70. The van der Waals surface area contributed by atoms with Gasteiger partial charge in [0.25, 0.3) is 0 Å². The molecule has 0 unspecified atom stereocenters. The van der Waals surface area contributed by atoms with Gasteiger partial charge in [-0.05, 0) is 29.9 Å². The second kappa shape index (κ2) is 5.91. The van der Waals surface area contributed by atoms with E-state index in [4.69, 9.17) is 0 Å². The molecule has 1 fully saturated rings. The quantitative estimate of drug-likeness (QED) is 0.906. The number of amides is 2. The van der Waals surface area contributed by atoms with Crippen molar-refractivity contribution >= 4 is 11.7 Å². The molecule has 1 saturated carbocycles. The zero-order chi connectivity index (χ0) is 14.7. The summed E-state index contributed by atoms with van der Waals surface area (Å²) in [6.45, 7) is 0.595. The van der Waals surface area contributed by atoms with Crippen LogP contribution >= 0.6 is 0 Å². The van der Waals surface area contributed by atoms with Gasteiger partial charge in [0.1, 0.15) is 0 Å². The molecular formula is C16H16FN3O. The van der Waals surface area contributed by atoms with Crippen molar-refractivity contribution in [2.75, 3.05) is 11.9 Å². The maximum atomic E-state index is 13.3. The van der Waals surface area contributed by atoms with Crippen LogP contribution in [0.5, 0.6) is 0 Å². The fraction of sp³-hybridized carbons (Fsp3) is 0.250. The number of hydrogen-bond acceptors (Lipinski definition) is 2. The van der Waals surface area contributed by atoms with Crippen molar-refractivity contribution in [2.45, 2.75) is 12.3 Å². The molecule has 21 heavy (non-hydrogen) atoms. The number of pyridine rings is 1. The van der Waals surface area contributed by atoms with Gasteiger partial charge in [-0.1, -0.05) is 30.3 Å². The summed E-state index contributed by atoms with van der Waals surface area (Å²) in [4.78, 5) is 15.4. The summed E-state index contributed by atoms with van der Waals surface area (Å²) in [5.74, 6) is 0.436. The van der Waals surface area contributed by atoms with E-state index in [1.807, 2.05) is 18.2 Å². The summed E-state index contributed by atoms with van der Waals surface area (Å²) in [6, 6.07) is 11.3. The van der Waals surface area contributed by atoms with Gasteiger partial charge in [0, 0.05) is 12.7 Å². The average Bonchev–Trinajstić information content (AvgIpc) is 3.28. The number of aromatic nitrogens is 1. The highest BCUT2D eigenvalue weighted by atomic mass is 19.1. The number of halogens is 1. The lowest BCUT2D eigenvalue weighted by atomic mass is 10.1. The Kier molecular flexibility index (Phi) is 3.81. The molecule has 3 rings (SSSR count). The number of rotatable bonds is 4. The molecule has 4 nitrogen and oxygen atoms in total. The van der Waals surface area contributed by atoms with Crippen LogP contribution in [0.1, 0.15) is 17.9 Å². The van der Waals surface area contributed by atoms with E-state index < -0.39 is 5.82 Å². The van der Waals surface area contributed by atoms with E-state index in [1.165, 1.54) is 17.8 Å². The molecule has 1 aromatic carbocycles. The number of nitrogens with zero attached hydrogens (tertiary/aromatic N) is 1. The minimum atomic E-state index is -0.541. The van der Waals surface area contributed by atoms with Gasteiger partial charge < -0.3 is 10.6 Å². The zero-order valence-corrected chi connectivity index (χ0v) is 11.4.